The number of pyridine rings is 1. The van der Waals surface area contributed by atoms with Crippen molar-refractivity contribution in [2.24, 2.45) is 0 Å². The first-order valence-electron chi connectivity index (χ1n) is 8.55. The fraction of sp³-hybridized carbons (Fsp3) is 0.381. The molecule has 1 aliphatic rings. The molecule has 0 aliphatic heterocycles. The molecule has 0 N–H and O–H groups in total. The van der Waals surface area contributed by atoms with E-state index in [0.717, 1.165) is 30.8 Å². The normalized spacial score (nSPS) is 14.9. The van der Waals surface area contributed by atoms with Gasteiger partial charge in [-0.25, -0.2) is 0 Å². The van der Waals surface area contributed by atoms with Gasteiger partial charge in [-0.15, -0.1) is 0 Å². The maximum atomic E-state index is 5.41. The lowest BCUT2D eigenvalue weighted by molar-refractivity contribution is 0.411. The molecule has 3 heteroatoms. The van der Waals surface area contributed by atoms with Crippen molar-refractivity contribution < 1.29 is 4.74 Å². The van der Waals surface area contributed by atoms with E-state index in [1.807, 2.05) is 12.3 Å². The van der Waals surface area contributed by atoms with Crippen molar-refractivity contribution in [1.82, 2.24) is 9.88 Å². The molecule has 0 saturated heterocycles. The molecule has 0 saturated carbocycles. The van der Waals surface area contributed by atoms with Gasteiger partial charge in [-0.05, 0) is 67.9 Å². The quantitative estimate of drug-likeness (QED) is 0.798. The summed E-state index contributed by atoms with van der Waals surface area (Å²) in [4.78, 5) is 6.84. The molecular formula is C21H26N2O. The zero-order valence-electron chi connectivity index (χ0n) is 15.0. The lowest BCUT2D eigenvalue weighted by Crippen LogP contribution is -2.14. The molecule has 1 heterocycles. The predicted octanol–water partition coefficient (Wildman–Crippen LogP) is 4.16. The summed E-state index contributed by atoms with van der Waals surface area (Å²) in [5.41, 5.74) is 6.86. The van der Waals surface area contributed by atoms with E-state index >= 15 is 0 Å². The van der Waals surface area contributed by atoms with Crippen LogP contribution in [0, 0.1) is 0 Å². The number of allylic oxidation sites excluding steroid dienone is 1. The van der Waals surface area contributed by atoms with Crippen LogP contribution in [0.3, 0.4) is 0 Å². The highest BCUT2D eigenvalue weighted by Crippen LogP contribution is 2.43. The third kappa shape index (κ3) is 3.36. The van der Waals surface area contributed by atoms with E-state index in [4.69, 9.17) is 4.74 Å². The fourth-order valence-electron chi connectivity index (χ4n) is 3.52. The molecule has 0 amide bonds. The number of hydrogen-bond acceptors (Lipinski definition) is 3. The summed E-state index contributed by atoms with van der Waals surface area (Å²) in [6.45, 7) is 3.34. The Hall–Kier alpha value is -2.13. The van der Waals surface area contributed by atoms with Crippen molar-refractivity contribution in [3.63, 3.8) is 0 Å². The van der Waals surface area contributed by atoms with Crippen LogP contribution in [0.2, 0.25) is 0 Å². The first kappa shape index (κ1) is 16.7. The van der Waals surface area contributed by atoms with Gasteiger partial charge in [0.25, 0.3) is 0 Å². The maximum absolute atomic E-state index is 5.41. The molecule has 1 atom stereocenters. The second kappa shape index (κ2) is 7.18. The van der Waals surface area contributed by atoms with Gasteiger partial charge in [0, 0.05) is 24.4 Å². The minimum Gasteiger partial charge on any atom is -0.497 e. The van der Waals surface area contributed by atoms with E-state index in [0.29, 0.717) is 5.92 Å². The van der Waals surface area contributed by atoms with Crippen molar-refractivity contribution in [2.45, 2.75) is 25.7 Å². The average molecular weight is 322 g/mol. The van der Waals surface area contributed by atoms with Crippen LogP contribution in [0.1, 0.15) is 36.1 Å². The highest BCUT2D eigenvalue weighted by atomic mass is 16.5. The highest BCUT2D eigenvalue weighted by Gasteiger charge is 2.27. The number of benzene rings is 1. The zero-order chi connectivity index (χ0) is 17.1. The smallest absolute Gasteiger partial charge is 0.119 e. The summed E-state index contributed by atoms with van der Waals surface area (Å²) in [5.74, 6) is 1.24. The first-order chi connectivity index (χ1) is 11.6. The number of rotatable bonds is 6. The van der Waals surface area contributed by atoms with Crippen LogP contribution in [0.5, 0.6) is 5.75 Å². The molecular weight excluding hydrogens is 296 g/mol. The van der Waals surface area contributed by atoms with Crippen molar-refractivity contribution in [3.8, 4) is 5.75 Å². The van der Waals surface area contributed by atoms with E-state index < -0.39 is 0 Å². The Morgan fingerprint density at radius 3 is 2.71 bits per heavy atom. The van der Waals surface area contributed by atoms with Crippen molar-refractivity contribution in [3.05, 3.63) is 65.0 Å². The Morgan fingerprint density at radius 1 is 1.21 bits per heavy atom. The highest BCUT2D eigenvalue weighted by molar-refractivity contribution is 5.80. The van der Waals surface area contributed by atoms with Crippen LogP contribution in [0.25, 0.3) is 5.57 Å². The molecule has 1 aromatic heterocycles. The van der Waals surface area contributed by atoms with Crippen LogP contribution < -0.4 is 4.74 Å². The van der Waals surface area contributed by atoms with Gasteiger partial charge in [-0.2, -0.15) is 0 Å². The Balaban J connectivity index is 2.00. The molecule has 0 fully saturated rings. The number of aromatic nitrogens is 1. The molecule has 0 radical (unpaired) electrons. The van der Waals surface area contributed by atoms with Crippen molar-refractivity contribution >= 4 is 5.57 Å². The van der Waals surface area contributed by atoms with Gasteiger partial charge in [0.15, 0.2) is 0 Å². The van der Waals surface area contributed by atoms with E-state index in [-0.39, 0.29) is 0 Å². The predicted molar refractivity (Wildman–Crippen MR) is 99.4 cm³/mol. The number of nitrogens with zero attached hydrogens (tertiary/aromatic N) is 2. The second-order valence-corrected chi connectivity index (χ2v) is 6.75. The lowest BCUT2D eigenvalue weighted by atomic mass is 9.89. The number of ether oxygens (including phenoxy) is 1. The van der Waals surface area contributed by atoms with Gasteiger partial charge in [-0.1, -0.05) is 24.6 Å². The third-order valence-electron chi connectivity index (χ3n) is 4.81. The number of fused-ring (bicyclic) bond motifs is 1. The van der Waals surface area contributed by atoms with E-state index in [2.05, 4.69) is 61.2 Å². The van der Waals surface area contributed by atoms with Crippen LogP contribution in [-0.4, -0.2) is 37.6 Å². The van der Waals surface area contributed by atoms with Crippen LogP contribution in [0.15, 0.2) is 48.2 Å². The summed E-state index contributed by atoms with van der Waals surface area (Å²) in [6.07, 6.45) is 4.00. The largest absolute Gasteiger partial charge is 0.497 e. The molecule has 1 aromatic carbocycles. The number of methoxy groups -OCH3 is 1. The monoisotopic (exact) mass is 322 g/mol. The minimum absolute atomic E-state index is 0.304. The summed E-state index contributed by atoms with van der Waals surface area (Å²) >= 11 is 0. The summed E-state index contributed by atoms with van der Waals surface area (Å²) < 4.78 is 5.41. The standard InChI is InChI=1S/C21H26N2O/c1-15(20-7-5-6-11-22-20)21-16(10-12-23(2)3)13-17-14-18(24-4)8-9-19(17)21/h5-9,11,14-15H,10,12-13H2,1-4H3. The third-order valence-corrected chi connectivity index (χ3v) is 4.81. The molecule has 126 valence electrons. The molecule has 1 aliphatic carbocycles. The van der Waals surface area contributed by atoms with Crippen molar-refractivity contribution in [2.75, 3.05) is 27.7 Å². The SMILES string of the molecule is COc1ccc2c(c1)CC(CCN(C)C)=C2C(C)c1ccccn1. The summed E-state index contributed by atoms with van der Waals surface area (Å²) in [7, 11) is 6.00. The van der Waals surface area contributed by atoms with E-state index in [1.165, 1.54) is 22.3 Å². The molecule has 24 heavy (non-hydrogen) atoms. The summed E-state index contributed by atoms with van der Waals surface area (Å²) in [6, 6.07) is 12.6. The Morgan fingerprint density at radius 2 is 2.04 bits per heavy atom. The van der Waals surface area contributed by atoms with Crippen LogP contribution in [-0.2, 0) is 6.42 Å². The van der Waals surface area contributed by atoms with Crippen LogP contribution in [0.4, 0.5) is 0 Å². The average Bonchev–Trinajstić information content (AvgIpc) is 2.97. The van der Waals surface area contributed by atoms with E-state index in [9.17, 15) is 0 Å². The van der Waals surface area contributed by atoms with Crippen molar-refractivity contribution in [1.29, 1.82) is 0 Å². The number of hydrogen-bond donors (Lipinski definition) is 0. The topological polar surface area (TPSA) is 25.4 Å². The van der Waals surface area contributed by atoms with Crippen LogP contribution >= 0.6 is 0 Å². The Labute approximate surface area is 145 Å². The molecule has 2 aromatic rings. The zero-order valence-corrected chi connectivity index (χ0v) is 15.0. The van der Waals surface area contributed by atoms with Gasteiger partial charge >= 0.3 is 0 Å². The van der Waals surface area contributed by atoms with Gasteiger partial charge in [0.2, 0.25) is 0 Å². The maximum Gasteiger partial charge on any atom is 0.119 e. The second-order valence-electron chi connectivity index (χ2n) is 6.75. The molecule has 0 bridgehead atoms. The van der Waals surface area contributed by atoms with Gasteiger partial charge in [0.1, 0.15) is 5.75 Å². The first-order valence-corrected chi connectivity index (χ1v) is 8.55. The summed E-state index contributed by atoms with van der Waals surface area (Å²) in [5, 5.41) is 0. The van der Waals surface area contributed by atoms with E-state index in [1.54, 1.807) is 7.11 Å². The Bertz CT molecular complexity index is 735. The fourth-order valence-corrected chi connectivity index (χ4v) is 3.52. The van der Waals surface area contributed by atoms with Gasteiger partial charge < -0.3 is 9.64 Å². The molecule has 1 unspecified atom stereocenters. The molecule has 3 rings (SSSR count). The van der Waals surface area contributed by atoms with Gasteiger partial charge in [0.05, 0.1) is 7.11 Å². The van der Waals surface area contributed by atoms with Gasteiger partial charge in [-0.3, -0.25) is 4.98 Å². The lowest BCUT2D eigenvalue weighted by Gasteiger charge is -2.18. The molecule has 3 nitrogen and oxygen atoms in total. The molecule has 0 spiro atoms. The minimum atomic E-state index is 0.304. The Kier molecular flexibility index (Phi) is 5.00.